The molecule has 0 radical (unpaired) electrons. The first kappa shape index (κ1) is 15.1. The average Bonchev–Trinajstić information content (AvgIpc) is 2.42. The molecule has 1 heterocycles. The lowest BCUT2D eigenvalue weighted by Crippen LogP contribution is -2.50. The van der Waals surface area contributed by atoms with Crippen LogP contribution in [0.1, 0.15) is 38.3 Å². The molecule has 1 aromatic rings. The molecule has 0 aromatic heterocycles. The van der Waals surface area contributed by atoms with Crippen LogP contribution in [0.4, 0.5) is 0 Å². The molecule has 1 unspecified atom stereocenters. The highest BCUT2D eigenvalue weighted by atomic mass is 35.5. The van der Waals surface area contributed by atoms with Crippen molar-refractivity contribution in [1.82, 2.24) is 10.2 Å². The summed E-state index contributed by atoms with van der Waals surface area (Å²) in [7, 11) is 2.05. The third kappa shape index (κ3) is 3.43. The maximum absolute atomic E-state index is 6.10. The van der Waals surface area contributed by atoms with E-state index < -0.39 is 0 Å². The van der Waals surface area contributed by atoms with Gasteiger partial charge < -0.3 is 5.32 Å². The number of likely N-dealkylation sites (tertiary alicyclic amines) is 1. The topological polar surface area (TPSA) is 15.3 Å². The molecule has 4 heteroatoms. The zero-order valence-corrected chi connectivity index (χ0v) is 13.4. The Kier molecular flexibility index (Phi) is 4.78. The summed E-state index contributed by atoms with van der Waals surface area (Å²) in [5.74, 6) is 0. The molecule has 2 rings (SSSR count). The first-order valence-electron chi connectivity index (χ1n) is 6.83. The molecule has 2 nitrogen and oxygen atoms in total. The number of benzene rings is 1. The summed E-state index contributed by atoms with van der Waals surface area (Å²) in [5.41, 5.74) is 1.52. The van der Waals surface area contributed by atoms with E-state index in [1.165, 1.54) is 18.4 Å². The normalized spacial score (nSPS) is 21.3. The van der Waals surface area contributed by atoms with Crippen LogP contribution in [-0.4, -0.2) is 30.6 Å². The van der Waals surface area contributed by atoms with E-state index in [0.29, 0.717) is 16.1 Å². The van der Waals surface area contributed by atoms with Crippen molar-refractivity contribution in [2.45, 2.75) is 38.3 Å². The van der Waals surface area contributed by atoms with Gasteiger partial charge >= 0.3 is 0 Å². The monoisotopic (exact) mass is 300 g/mol. The van der Waals surface area contributed by atoms with Gasteiger partial charge in [0.1, 0.15) is 0 Å². The molecular weight excluding hydrogens is 279 g/mol. The van der Waals surface area contributed by atoms with Crippen LogP contribution in [0.2, 0.25) is 10.0 Å². The summed E-state index contributed by atoms with van der Waals surface area (Å²) in [6.45, 7) is 6.76. The SMILES string of the molecule is CNC1(C)CCN(C(C)c2ccc(Cl)c(Cl)c2)CC1. The quantitative estimate of drug-likeness (QED) is 0.903. The van der Waals surface area contributed by atoms with Crippen LogP contribution in [0, 0.1) is 0 Å². The Morgan fingerprint density at radius 1 is 1.21 bits per heavy atom. The van der Waals surface area contributed by atoms with Crippen LogP contribution in [-0.2, 0) is 0 Å². The highest BCUT2D eigenvalue weighted by Crippen LogP contribution is 2.31. The van der Waals surface area contributed by atoms with Crippen molar-refractivity contribution in [3.8, 4) is 0 Å². The van der Waals surface area contributed by atoms with E-state index in [0.717, 1.165) is 13.1 Å². The van der Waals surface area contributed by atoms with E-state index in [1.807, 2.05) is 12.1 Å². The molecule has 1 N–H and O–H groups in total. The Bertz CT molecular complexity index is 440. The van der Waals surface area contributed by atoms with Crippen molar-refractivity contribution in [3.05, 3.63) is 33.8 Å². The number of hydrogen-bond donors (Lipinski definition) is 1. The molecule has 1 atom stereocenters. The van der Waals surface area contributed by atoms with Gasteiger partial charge in [0.2, 0.25) is 0 Å². The summed E-state index contributed by atoms with van der Waals surface area (Å²) in [6, 6.07) is 6.33. The summed E-state index contributed by atoms with van der Waals surface area (Å²) in [5, 5.41) is 4.70. The third-order valence-corrected chi connectivity index (χ3v) is 5.22. The maximum Gasteiger partial charge on any atom is 0.0595 e. The lowest BCUT2D eigenvalue weighted by molar-refractivity contribution is 0.117. The maximum atomic E-state index is 6.10. The summed E-state index contributed by atoms with van der Waals surface area (Å²) >= 11 is 12.1. The highest BCUT2D eigenvalue weighted by Gasteiger charge is 2.30. The lowest BCUT2D eigenvalue weighted by atomic mass is 9.88. The van der Waals surface area contributed by atoms with Crippen LogP contribution in [0.15, 0.2) is 18.2 Å². The fourth-order valence-electron chi connectivity index (χ4n) is 2.64. The smallest absolute Gasteiger partial charge is 0.0595 e. The second kappa shape index (κ2) is 6.01. The Labute approximate surface area is 126 Å². The van der Waals surface area contributed by atoms with Gasteiger partial charge in [-0.2, -0.15) is 0 Å². The van der Waals surface area contributed by atoms with Crippen LogP contribution in [0.25, 0.3) is 0 Å². The van der Waals surface area contributed by atoms with Gasteiger partial charge in [0.15, 0.2) is 0 Å². The molecule has 1 aromatic carbocycles. The zero-order valence-electron chi connectivity index (χ0n) is 11.8. The van der Waals surface area contributed by atoms with Gasteiger partial charge in [0.25, 0.3) is 0 Å². The van der Waals surface area contributed by atoms with E-state index in [-0.39, 0.29) is 5.54 Å². The second-order valence-corrected chi connectivity index (χ2v) is 6.51. The zero-order chi connectivity index (χ0) is 14.0. The van der Waals surface area contributed by atoms with E-state index >= 15 is 0 Å². The minimum Gasteiger partial charge on any atom is -0.314 e. The molecule has 0 bridgehead atoms. The van der Waals surface area contributed by atoms with Crippen molar-refractivity contribution in [2.24, 2.45) is 0 Å². The first-order chi connectivity index (χ1) is 8.95. The Morgan fingerprint density at radius 3 is 2.37 bits per heavy atom. The second-order valence-electron chi connectivity index (χ2n) is 5.70. The van der Waals surface area contributed by atoms with Gasteiger partial charge in [-0.25, -0.2) is 0 Å². The van der Waals surface area contributed by atoms with Crippen LogP contribution < -0.4 is 5.32 Å². The van der Waals surface area contributed by atoms with Crippen LogP contribution >= 0.6 is 23.2 Å². The molecule has 19 heavy (non-hydrogen) atoms. The summed E-state index contributed by atoms with van der Waals surface area (Å²) in [6.07, 6.45) is 2.35. The van der Waals surface area contributed by atoms with Crippen LogP contribution in [0.5, 0.6) is 0 Å². The van der Waals surface area contributed by atoms with Crippen molar-refractivity contribution in [2.75, 3.05) is 20.1 Å². The minimum absolute atomic E-state index is 0.286. The van der Waals surface area contributed by atoms with E-state index in [4.69, 9.17) is 23.2 Å². The van der Waals surface area contributed by atoms with E-state index in [2.05, 4.69) is 37.2 Å². The Hall–Kier alpha value is -0.280. The predicted molar refractivity (Wildman–Crippen MR) is 83.1 cm³/mol. The number of piperidine rings is 1. The lowest BCUT2D eigenvalue weighted by Gasteiger charge is -2.42. The fourth-order valence-corrected chi connectivity index (χ4v) is 2.94. The number of hydrogen-bond acceptors (Lipinski definition) is 2. The van der Waals surface area contributed by atoms with Gasteiger partial charge in [-0.05, 0) is 51.4 Å². The van der Waals surface area contributed by atoms with Crippen molar-refractivity contribution < 1.29 is 0 Å². The molecule has 0 aliphatic carbocycles. The van der Waals surface area contributed by atoms with Crippen LogP contribution in [0.3, 0.4) is 0 Å². The van der Waals surface area contributed by atoms with E-state index in [9.17, 15) is 0 Å². The average molecular weight is 301 g/mol. The molecule has 0 saturated carbocycles. The first-order valence-corrected chi connectivity index (χ1v) is 7.59. The van der Waals surface area contributed by atoms with E-state index in [1.54, 1.807) is 0 Å². The fraction of sp³-hybridized carbons (Fsp3) is 0.600. The standard InChI is InChI=1S/C15H22Cl2N2/c1-11(12-4-5-13(16)14(17)10-12)19-8-6-15(2,18-3)7-9-19/h4-5,10-11,18H,6-9H2,1-3H3. The molecule has 0 amide bonds. The van der Waals surface area contributed by atoms with Crippen molar-refractivity contribution in [3.63, 3.8) is 0 Å². The van der Waals surface area contributed by atoms with Crippen molar-refractivity contribution >= 4 is 23.2 Å². The number of nitrogens with zero attached hydrogens (tertiary/aromatic N) is 1. The Balaban J connectivity index is 2.05. The molecule has 1 fully saturated rings. The van der Waals surface area contributed by atoms with Gasteiger partial charge in [0.05, 0.1) is 10.0 Å². The number of rotatable bonds is 3. The van der Waals surface area contributed by atoms with Crippen molar-refractivity contribution in [1.29, 1.82) is 0 Å². The number of nitrogens with one attached hydrogen (secondary N) is 1. The number of halogens is 2. The molecule has 1 aliphatic rings. The summed E-state index contributed by atoms with van der Waals surface area (Å²) in [4.78, 5) is 2.51. The predicted octanol–water partition coefficient (Wildman–Crippen LogP) is 4.13. The van der Waals surface area contributed by atoms with Gasteiger partial charge in [-0.3, -0.25) is 4.90 Å². The molecule has 106 valence electrons. The Morgan fingerprint density at radius 2 is 1.84 bits per heavy atom. The minimum atomic E-state index is 0.286. The van der Waals surface area contributed by atoms with Gasteiger partial charge in [-0.15, -0.1) is 0 Å². The highest BCUT2D eigenvalue weighted by molar-refractivity contribution is 6.42. The third-order valence-electron chi connectivity index (χ3n) is 4.48. The van der Waals surface area contributed by atoms with Gasteiger partial charge in [-0.1, -0.05) is 29.3 Å². The molecule has 1 saturated heterocycles. The molecular formula is C15H22Cl2N2. The largest absolute Gasteiger partial charge is 0.314 e. The molecule has 1 aliphatic heterocycles. The van der Waals surface area contributed by atoms with Gasteiger partial charge in [0, 0.05) is 24.7 Å². The summed E-state index contributed by atoms with van der Waals surface area (Å²) < 4.78 is 0. The molecule has 0 spiro atoms.